The number of hydrogen-bond acceptors (Lipinski definition) is 4. The molecule has 0 bridgehead atoms. The van der Waals surface area contributed by atoms with Gasteiger partial charge in [0.2, 0.25) is 0 Å². The number of nitrogens with zero attached hydrogens (tertiary/aromatic N) is 1. The summed E-state index contributed by atoms with van der Waals surface area (Å²) in [5.74, 6) is 1.33. The third-order valence-electron chi connectivity index (χ3n) is 4.64. The molecule has 0 heterocycles. The number of carbonyl (C=O) groups is 1. The van der Waals surface area contributed by atoms with Crippen LogP contribution >= 0.6 is 24.0 Å². The Kier molecular flexibility index (Phi) is 12.4. The van der Waals surface area contributed by atoms with E-state index in [1.54, 1.807) is 26.3 Å². The van der Waals surface area contributed by atoms with Crippen LogP contribution in [-0.4, -0.2) is 45.7 Å². The standard InChI is InChI=1S/C23H31FN4O3.HI/c1-5-26-22(29)15-31-20-9-6-17(13-21(20)30-4)14-28-23(25-3)27-11-10-18-7-8-19(24)12-16(18)2;/h6-9,12-13H,5,10-11,14-15H2,1-4H3,(H,26,29)(H2,25,27,28);1H. The zero-order valence-corrected chi connectivity index (χ0v) is 21.3. The molecule has 0 radical (unpaired) electrons. The maximum Gasteiger partial charge on any atom is 0.257 e. The van der Waals surface area contributed by atoms with Crippen LogP contribution in [0.3, 0.4) is 0 Å². The molecule has 0 saturated carbocycles. The lowest BCUT2D eigenvalue weighted by Crippen LogP contribution is -2.37. The Morgan fingerprint density at radius 2 is 1.88 bits per heavy atom. The minimum atomic E-state index is -0.220. The molecule has 7 nitrogen and oxygen atoms in total. The summed E-state index contributed by atoms with van der Waals surface area (Å²) in [6.07, 6.45) is 0.762. The minimum Gasteiger partial charge on any atom is -0.493 e. The van der Waals surface area contributed by atoms with E-state index in [1.807, 2.05) is 32.0 Å². The topological polar surface area (TPSA) is 84.0 Å². The predicted molar refractivity (Wildman–Crippen MR) is 136 cm³/mol. The molecule has 2 aromatic rings. The van der Waals surface area contributed by atoms with Crippen molar-refractivity contribution in [2.75, 3.05) is 33.9 Å². The van der Waals surface area contributed by atoms with Gasteiger partial charge in [-0.3, -0.25) is 9.79 Å². The fourth-order valence-corrected chi connectivity index (χ4v) is 2.99. The van der Waals surface area contributed by atoms with E-state index < -0.39 is 0 Å². The number of carbonyl (C=O) groups excluding carboxylic acids is 1. The number of hydrogen-bond donors (Lipinski definition) is 3. The first kappa shape index (κ1) is 27.5. The molecule has 0 spiro atoms. The van der Waals surface area contributed by atoms with Crippen LogP contribution in [0.25, 0.3) is 0 Å². The van der Waals surface area contributed by atoms with Gasteiger partial charge in [-0.1, -0.05) is 12.1 Å². The average Bonchev–Trinajstić information content (AvgIpc) is 2.76. The van der Waals surface area contributed by atoms with Crippen molar-refractivity contribution < 1.29 is 18.7 Å². The number of methoxy groups -OCH3 is 1. The summed E-state index contributed by atoms with van der Waals surface area (Å²) in [4.78, 5) is 15.8. The molecular weight excluding hydrogens is 526 g/mol. The highest BCUT2D eigenvalue weighted by atomic mass is 127. The van der Waals surface area contributed by atoms with Crippen LogP contribution in [0.2, 0.25) is 0 Å². The molecule has 0 aliphatic heterocycles. The summed E-state index contributed by atoms with van der Waals surface area (Å²) in [5.41, 5.74) is 3.00. The Labute approximate surface area is 206 Å². The molecule has 0 unspecified atom stereocenters. The molecular formula is C23H32FIN4O3. The molecule has 0 aliphatic rings. The summed E-state index contributed by atoms with van der Waals surface area (Å²) in [6, 6.07) is 10.4. The highest BCUT2D eigenvalue weighted by Crippen LogP contribution is 2.28. The van der Waals surface area contributed by atoms with Gasteiger partial charge in [0.25, 0.3) is 5.91 Å². The number of aliphatic imine (C=N–C) groups is 1. The molecule has 0 aliphatic carbocycles. The number of aryl methyl sites for hydroxylation is 1. The highest BCUT2D eigenvalue weighted by Gasteiger charge is 2.09. The van der Waals surface area contributed by atoms with Crippen LogP contribution in [0.5, 0.6) is 11.5 Å². The van der Waals surface area contributed by atoms with Crippen molar-refractivity contribution in [1.82, 2.24) is 16.0 Å². The number of halogens is 2. The van der Waals surface area contributed by atoms with Crippen LogP contribution in [0.15, 0.2) is 41.4 Å². The number of likely N-dealkylation sites (N-methyl/N-ethyl adjacent to an activating group) is 1. The van der Waals surface area contributed by atoms with Crippen molar-refractivity contribution >= 4 is 35.8 Å². The van der Waals surface area contributed by atoms with Crippen molar-refractivity contribution in [3.63, 3.8) is 0 Å². The van der Waals surface area contributed by atoms with E-state index in [9.17, 15) is 9.18 Å². The van der Waals surface area contributed by atoms with Gasteiger partial charge in [0.1, 0.15) is 5.82 Å². The molecule has 0 saturated heterocycles. The first-order valence-corrected chi connectivity index (χ1v) is 10.2. The van der Waals surface area contributed by atoms with E-state index in [1.165, 1.54) is 6.07 Å². The van der Waals surface area contributed by atoms with Gasteiger partial charge in [-0.2, -0.15) is 0 Å². The number of nitrogens with one attached hydrogen (secondary N) is 3. The number of rotatable bonds is 10. The Bertz CT molecular complexity index is 909. The third kappa shape index (κ3) is 8.89. The lowest BCUT2D eigenvalue weighted by Gasteiger charge is -2.15. The molecule has 176 valence electrons. The smallest absolute Gasteiger partial charge is 0.257 e. The monoisotopic (exact) mass is 558 g/mol. The Morgan fingerprint density at radius 1 is 1.09 bits per heavy atom. The van der Waals surface area contributed by atoms with E-state index in [-0.39, 0.29) is 42.3 Å². The zero-order valence-electron chi connectivity index (χ0n) is 19.0. The number of ether oxygens (including phenoxy) is 2. The fourth-order valence-electron chi connectivity index (χ4n) is 2.99. The highest BCUT2D eigenvalue weighted by molar-refractivity contribution is 14.0. The maximum absolute atomic E-state index is 13.2. The van der Waals surface area contributed by atoms with Gasteiger partial charge in [-0.15, -0.1) is 24.0 Å². The number of benzene rings is 2. The Morgan fingerprint density at radius 3 is 2.53 bits per heavy atom. The van der Waals surface area contributed by atoms with Crippen molar-refractivity contribution in [3.8, 4) is 11.5 Å². The molecule has 9 heteroatoms. The predicted octanol–water partition coefficient (Wildman–Crippen LogP) is 3.18. The summed E-state index contributed by atoms with van der Waals surface area (Å²) in [7, 11) is 3.26. The summed E-state index contributed by atoms with van der Waals surface area (Å²) in [6.45, 7) is 5.45. The van der Waals surface area contributed by atoms with Gasteiger partial charge in [0.05, 0.1) is 7.11 Å². The van der Waals surface area contributed by atoms with Crippen molar-refractivity contribution in [3.05, 3.63) is 58.9 Å². The van der Waals surface area contributed by atoms with E-state index >= 15 is 0 Å². The van der Waals surface area contributed by atoms with Crippen LogP contribution in [-0.2, 0) is 17.8 Å². The second-order valence-electron chi connectivity index (χ2n) is 6.90. The van der Waals surface area contributed by atoms with Gasteiger partial charge in [0.15, 0.2) is 24.1 Å². The normalized spacial score (nSPS) is 10.7. The van der Waals surface area contributed by atoms with E-state index in [0.717, 1.165) is 23.1 Å². The number of guanidine groups is 1. The van der Waals surface area contributed by atoms with Crippen LogP contribution < -0.4 is 25.4 Å². The molecule has 0 aromatic heterocycles. The van der Waals surface area contributed by atoms with Crippen molar-refractivity contribution in [2.24, 2.45) is 4.99 Å². The second kappa shape index (κ2) is 14.5. The first-order chi connectivity index (χ1) is 15.0. The van der Waals surface area contributed by atoms with Crippen LogP contribution in [0.4, 0.5) is 4.39 Å². The maximum atomic E-state index is 13.2. The largest absolute Gasteiger partial charge is 0.493 e. The van der Waals surface area contributed by atoms with Gasteiger partial charge < -0.3 is 25.4 Å². The SMILES string of the molecule is CCNC(=O)COc1ccc(CNC(=NC)NCCc2ccc(F)cc2C)cc1OC.I. The van der Waals surface area contributed by atoms with Crippen molar-refractivity contribution in [1.29, 1.82) is 0 Å². The summed E-state index contributed by atoms with van der Waals surface area (Å²) in [5, 5.41) is 9.20. The van der Waals surface area contributed by atoms with Crippen LogP contribution in [0.1, 0.15) is 23.6 Å². The second-order valence-corrected chi connectivity index (χ2v) is 6.90. The fraction of sp³-hybridized carbons (Fsp3) is 0.391. The minimum absolute atomic E-state index is 0. The lowest BCUT2D eigenvalue weighted by atomic mass is 10.1. The molecule has 1 amide bonds. The zero-order chi connectivity index (χ0) is 22.6. The number of amides is 1. The van der Waals surface area contributed by atoms with E-state index in [0.29, 0.717) is 37.1 Å². The Hall–Kier alpha value is -2.56. The van der Waals surface area contributed by atoms with Gasteiger partial charge >= 0.3 is 0 Å². The van der Waals surface area contributed by atoms with Crippen molar-refractivity contribution in [2.45, 2.75) is 26.8 Å². The summed E-state index contributed by atoms with van der Waals surface area (Å²) < 4.78 is 24.2. The van der Waals surface area contributed by atoms with Gasteiger partial charge in [-0.05, 0) is 61.2 Å². The molecule has 2 rings (SSSR count). The average molecular weight is 558 g/mol. The molecule has 0 atom stereocenters. The van der Waals surface area contributed by atoms with E-state index in [4.69, 9.17) is 9.47 Å². The first-order valence-electron chi connectivity index (χ1n) is 10.2. The molecule has 0 fully saturated rings. The van der Waals surface area contributed by atoms with E-state index in [2.05, 4.69) is 20.9 Å². The van der Waals surface area contributed by atoms with Gasteiger partial charge in [0, 0.05) is 26.7 Å². The molecule has 3 N–H and O–H groups in total. The lowest BCUT2D eigenvalue weighted by molar-refractivity contribution is -0.123. The van der Waals surface area contributed by atoms with Gasteiger partial charge in [-0.25, -0.2) is 4.39 Å². The quantitative estimate of drug-likeness (QED) is 0.237. The van der Waals surface area contributed by atoms with Crippen LogP contribution in [0, 0.1) is 12.7 Å². The Balaban J connectivity index is 0.00000512. The molecule has 32 heavy (non-hydrogen) atoms. The third-order valence-corrected chi connectivity index (χ3v) is 4.64. The summed E-state index contributed by atoms with van der Waals surface area (Å²) >= 11 is 0. The molecule has 2 aromatic carbocycles.